The van der Waals surface area contributed by atoms with Crippen LogP contribution in [0.15, 0.2) is 42.5 Å². The van der Waals surface area contributed by atoms with E-state index in [9.17, 15) is 4.79 Å². The molecule has 6 nitrogen and oxygen atoms in total. The number of nitrogens with zero attached hydrogens (tertiary/aromatic N) is 1. The summed E-state index contributed by atoms with van der Waals surface area (Å²) >= 11 is 1.75. The summed E-state index contributed by atoms with van der Waals surface area (Å²) in [7, 11) is 0. The van der Waals surface area contributed by atoms with E-state index in [0.29, 0.717) is 13.2 Å². The lowest BCUT2D eigenvalue weighted by Crippen LogP contribution is -2.34. The van der Waals surface area contributed by atoms with Crippen LogP contribution in [0.4, 0.5) is 10.5 Å². The normalized spacial score (nSPS) is 18.0. The van der Waals surface area contributed by atoms with Crippen molar-refractivity contribution in [2.75, 3.05) is 31.0 Å². The van der Waals surface area contributed by atoms with E-state index in [2.05, 4.69) is 5.32 Å². The summed E-state index contributed by atoms with van der Waals surface area (Å²) in [6, 6.07) is 13.2. The van der Waals surface area contributed by atoms with Crippen LogP contribution in [-0.4, -0.2) is 36.6 Å². The average Bonchev–Trinajstić information content (AvgIpc) is 3.32. The minimum atomic E-state index is -0.109. The van der Waals surface area contributed by atoms with E-state index in [1.165, 1.54) is 0 Å². The number of urea groups is 1. The van der Waals surface area contributed by atoms with Gasteiger partial charge in [-0.25, -0.2) is 4.79 Å². The predicted molar refractivity (Wildman–Crippen MR) is 101 cm³/mol. The third-order valence-electron chi connectivity index (χ3n) is 4.25. The Labute approximate surface area is 156 Å². The number of amides is 2. The largest absolute Gasteiger partial charge is 0.494 e. The summed E-state index contributed by atoms with van der Waals surface area (Å²) in [5.41, 5.74) is 1.79. The molecule has 0 saturated carbocycles. The fourth-order valence-corrected chi connectivity index (χ4v) is 4.26. The van der Waals surface area contributed by atoms with Gasteiger partial charge < -0.3 is 24.4 Å². The van der Waals surface area contributed by atoms with Gasteiger partial charge in [0.2, 0.25) is 6.79 Å². The molecule has 2 aromatic carbocycles. The molecule has 0 bridgehead atoms. The molecule has 1 fully saturated rings. The molecule has 136 valence electrons. The zero-order valence-electron chi connectivity index (χ0n) is 14.4. The minimum Gasteiger partial charge on any atom is -0.494 e. The summed E-state index contributed by atoms with van der Waals surface area (Å²) in [6.45, 7) is 3.51. The van der Waals surface area contributed by atoms with Crippen LogP contribution in [-0.2, 0) is 0 Å². The molecule has 26 heavy (non-hydrogen) atoms. The lowest BCUT2D eigenvalue weighted by atomic mass is 10.2. The fourth-order valence-electron chi connectivity index (χ4n) is 3.02. The molecule has 4 rings (SSSR count). The van der Waals surface area contributed by atoms with Gasteiger partial charge in [-0.3, -0.25) is 0 Å². The quantitative estimate of drug-likeness (QED) is 0.876. The van der Waals surface area contributed by atoms with Gasteiger partial charge in [0, 0.05) is 18.0 Å². The highest BCUT2D eigenvalue weighted by Crippen LogP contribution is 2.42. The van der Waals surface area contributed by atoms with Gasteiger partial charge in [-0.2, -0.15) is 0 Å². The van der Waals surface area contributed by atoms with Crippen molar-refractivity contribution in [3.8, 4) is 17.2 Å². The molecule has 2 aromatic rings. The van der Waals surface area contributed by atoms with E-state index >= 15 is 0 Å². The Hall–Kier alpha value is -2.54. The zero-order chi connectivity index (χ0) is 17.9. The SMILES string of the molecule is CCOc1ccc(NC(=O)N2CCSC2c2ccc3c(c2)OCO3)cc1. The van der Waals surface area contributed by atoms with Crippen LogP contribution < -0.4 is 19.5 Å². The number of carbonyl (C=O) groups is 1. The van der Waals surface area contributed by atoms with E-state index in [-0.39, 0.29) is 18.2 Å². The molecule has 0 radical (unpaired) electrons. The van der Waals surface area contributed by atoms with Gasteiger partial charge in [0.05, 0.1) is 6.61 Å². The first-order valence-corrected chi connectivity index (χ1v) is 9.61. The Balaban J connectivity index is 1.46. The van der Waals surface area contributed by atoms with Gasteiger partial charge in [-0.15, -0.1) is 11.8 Å². The molecule has 7 heteroatoms. The van der Waals surface area contributed by atoms with Crippen LogP contribution in [0, 0.1) is 0 Å². The van der Waals surface area contributed by atoms with Crippen molar-refractivity contribution in [2.45, 2.75) is 12.3 Å². The lowest BCUT2D eigenvalue weighted by molar-refractivity contribution is 0.174. The van der Waals surface area contributed by atoms with Crippen LogP contribution in [0.25, 0.3) is 0 Å². The number of nitrogens with one attached hydrogen (secondary N) is 1. The minimum absolute atomic E-state index is 0.0350. The summed E-state index contributed by atoms with van der Waals surface area (Å²) < 4.78 is 16.3. The average molecular weight is 372 g/mol. The molecule has 2 heterocycles. The monoisotopic (exact) mass is 372 g/mol. The lowest BCUT2D eigenvalue weighted by Gasteiger charge is -2.24. The molecule has 2 aliphatic heterocycles. The van der Waals surface area contributed by atoms with Crippen LogP contribution in [0.5, 0.6) is 17.2 Å². The van der Waals surface area contributed by atoms with Crippen molar-refractivity contribution < 1.29 is 19.0 Å². The first-order chi connectivity index (χ1) is 12.7. The Morgan fingerprint density at radius 3 is 2.85 bits per heavy atom. The number of ether oxygens (including phenoxy) is 3. The Bertz CT molecular complexity index is 797. The maximum absolute atomic E-state index is 12.8. The molecule has 0 spiro atoms. The maximum atomic E-state index is 12.8. The highest BCUT2D eigenvalue weighted by atomic mass is 32.2. The van der Waals surface area contributed by atoms with Crippen molar-refractivity contribution in [3.05, 3.63) is 48.0 Å². The highest BCUT2D eigenvalue weighted by Gasteiger charge is 2.31. The first kappa shape index (κ1) is 16.9. The summed E-state index contributed by atoms with van der Waals surface area (Å²) in [5.74, 6) is 3.18. The van der Waals surface area contributed by atoms with Gasteiger partial charge in [-0.1, -0.05) is 6.07 Å². The molecule has 1 N–H and O–H groups in total. The fraction of sp³-hybridized carbons (Fsp3) is 0.316. The number of thioether (sulfide) groups is 1. The maximum Gasteiger partial charge on any atom is 0.323 e. The third-order valence-corrected chi connectivity index (χ3v) is 5.51. The second-order valence-corrected chi connectivity index (χ2v) is 7.10. The topological polar surface area (TPSA) is 60.0 Å². The second-order valence-electron chi connectivity index (χ2n) is 5.92. The van der Waals surface area contributed by atoms with E-state index in [4.69, 9.17) is 14.2 Å². The molecule has 1 atom stereocenters. The number of rotatable bonds is 4. The van der Waals surface area contributed by atoms with Gasteiger partial charge in [0.15, 0.2) is 11.5 Å². The molecule has 1 saturated heterocycles. The van der Waals surface area contributed by atoms with Gasteiger partial charge in [-0.05, 0) is 48.9 Å². The van der Waals surface area contributed by atoms with E-state index in [0.717, 1.165) is 34.3 Å². The number of hydrogen-bond donors (Lipinski definition) is 1. The van der Waals surface area contributed by atoms with Crippen molar-refractivity contribution in [1.29, 1.82) is 0 Å². The Morgan fingerprint density at radius 1 is 1.23 bits per heavy atom. The first-order valence-electron chi connectivity index (χ1n) is 8.56. The molecular weight excluding hydrogens is 352 g/mol. The van der Waals surface area contributed by atoms with Crippen LogP contribution in [0.1, 0.15) is 17.9 Å². The van der Waals surface area contributed by atoms with Crippen molar-refractivity contribution in [1.82, 2.24) is 4.90 Å². The van der Waals surface area contributed by atoms with E-state index < -0.39 is 0 Å². The van der Waals surface area contributed by atoms with Crippen molar-refractivity contribution >= 4 is 23.5 Å². The predicted octanol–water partition coefficient (Wildman–Crippen LogP) is 4.09. The van der Waals surface area contributed by atoms with Crippen LogP contribution in [0.3, 0.4) is 0 Å². The highest BCUT2D eigenvalue weighted by molar-refractivity contribution is 7.99. The molecule has 2 aliphatic rings. The van der Waals surface area contributed by atoms with Gasteiger partial charge in [0.1, 0.15) is 11.1 Å². The second kappa shape index (κ2) is 7.37. The molecular formula is C19H20N2O4S. The van der Waals surface area contributed by atoms with Gasteiger partial charge in [0.25, 0.3) is 0 Å². The molecule has 0 aromatic heterocycles. The Morgan fingerprint density at radius 2 is 2.04 bits per heavy atom. The molecule has 1 unspecified atom stereocenters. The summed E-state index contributed by atoms with van der Waals surface area (Å²) in [4.78, 5) is 14.6. The zero-order valence-corrected chi connectivity index (χ0v) is 15.3. The Kier molecular flexibility index (Phi) is 4.79. The summed E-state index contributed by atoms with van der Waals surface area (Å²) in [5, 5.41) is 2.93. The number of anilines is 1. The number of fused-ring (bicyclic) bond motifs is 1. The molecule has 2 amide bonds. The van der Waals surface area contributed by atoms with Crippen molar-refractivity contribution in [2.24, 2.45) is 0 Å². The van der Waals surface area contributed by atoms with Crippen LogP contribution in [0.2, 0.25) is 0 Å². The van der Waals surface area contributed by atoms with Crippen LogP contribution >= 0.6 is 11.8 Å². The standard InChI is InChI=1S/C19H20N2O4S/c1-2-23-15-6-4-14(5-7-15)20-19(22)21-9-10-26-18(21)13-3-8-16-17(11-13)25-12-24-16/h3-8,11,18H,2,9-10,12H2,1H3,(H,20,22). The molecule has 0 aliphatic carbocycles. The third kappa shape index (κ3) is 3.39. The van der Waals surface area contributed by atoms with E-state index in [1.807, 2.05) is 54.3 Å². The smallest absolute Gasteiger partial charge is 0.323 e. The summed E-state index contributed by atoms with van der Waals surface area (Å²) in [6.07, 6.45) is 0. The van der Waals surface area contributed by atoms with Crippen molar-refractivity contribution in [3.63, 3.8) is 0 Å². The number of carbonyl (C=O) groups excluding carboxylic acids is 1. The number of hydrogen-bond acceptors (Lipinski definition) is 5. The van der Waals surface area contributed by atoms with E-state index in [1.54, 1.807) is 11.8 Å². The number of benzene rings is 2. The van der Waals surface area contributed by atoms with Gasteiger partial charge >= 0.3 is 6.03 Å².